The topological polar surface area (TPSA) is 60.6 Å². The van der Waals surface area contributed by atoms with E-state index >= 15 is 0 Å². The van der Waals surface area contributed by atoms with Crippen LogP contribution in [0.5, 0.6) is 11.5 Å². The molecule has 1 fully saturated rings. The van der Waals surface area contributed by atoms with E-state index in [-0.39, 0.29) is 0 Å². The minimum atomic E-state index is 0.520. The lowest BCUT2D eigenvalue weighted by Crippen LogP contribution is -2.33. The lowest BCUT2D eigenvalue weighted by atomic mass is 9.93. The van der Waals surface area contributed by atoms with Gasteiger partial charge in [0.1, 0.15) is 0 Å². The third-order valence-electron chi connectivity index (χ3n) is 5.74. The summed E-state index contributed by atoms with van der Waals surface area (Å²) < 4.78 is 16.0. The molecule has 0 amide bonds. The first-order chi connectivity index (χ1) is 15.2. The number of hydrogen-bond acceptors (Lipinski definition) is 6. The number of ether oxygens (including phenoxy) is 2. The fraction of sp³-hybridized carbons (Fsp3) is 0.360. The number of piperidine rings is 1. The Kier molecular flexibility index (Phi) is 6.99. The normalized spacial score (nSPS) is 15.4. The molecule has 2 heterocycles. The number of likely N-dealkylation sites (tertiary alicyclic amines) is 1. The summed E-state index contributed by atoms with van der Waals surface area (Å²) in [4.78, 5) is 7.08. The second-order valence-corrected chi connectivity index (χ2v) is 7.91. The van der Waals surface area contributed by atoms with Crippen molar-refractivity contribution in [3.63, 3.8) is 0 Å². The Balaban J connectivity index is 1.28. The van der Waals surface area contributed by atoms with E-state index in [9.17, 15) is 0 Å². The fourth-order valence-electron chi connectivity index (χ4n) is 3.99. The van der Waals surface area contributed by atoms with Gasteiger partial charge in [0.05, 0.1) is 14.2 Å². The van der Waals surface area contributed by atoms with Crippen LogP contribution in [0.4, 0.5) is 0 Å². The summed E-state index contributed by atoms with van der Waals surface area (Å²) in [5, 5.41) is 4.17. The van der Waals surface area contributed by atoms with E-state index in [1.54, 1.807) is 14.2 Å². The minimum Gasteiger partial charge on any atom is -0.493 e. The zero-order valence-corrected chi connectivity index (χ0v) is 18.2. The summed E-state index contributed by atoms with van der Waals surface area (Å²) in [7, 11) is 3.25. The molecule has 1 aromatic heterocycles. The number of nitrogens with zero attached hydrogens (tertiary/aromatic N) is 3. The van der Waals surface area contributed by atoms with Crippen LogP contribution in [-0.4, -0.2) is 42.3 Å². The first-order valence-electron chi connectivity index (χ1n) is 10.7. The van der Waals surface area contributed by atoms with Crippen LogP contribution < -0.4 is 9.47 Å². The molecule has 1 aliphatic heterocycles. The van der Waals surface area contributed by atoms with Crippen LogP contribution in [0.15, 0.2) is 53.1 Å². The summed E-state index contributed by atoms with van der Waals surface area (Å²) in [6.45, 7) is 3.26. The van der Waals surface area contributed by atoms with Crippen molar-refractivity contribution < 1.29 is 14.0 Å². The first-order valence-corrected chi connectivity index (χ1v) is 10.7. The molecule has 0 N–H and O–H groups in total. The molecule has 4 rings (SSSR count). The van der Waals surface area contributed by atoms with Gasteiger partial charge in [0.2, 0.25) is 0 Å². The van der Waals surface area contributed by atoms with Crippen molar-refractivity contribution in [3.8, 4) is 11.5 Å². The average molecular weight is 420 g/mol. The summed E-state index contributed by atoms with van der Waals surface area (Å²) in [5.41, 5.74) is 2.35. The highest BCUT2D eigenvalue weighted by Crippen LogP contribution is 2.28. The van der Waals surface area contributed by atoms with Crippen molar-refractivity contribution in [2.24, 2.45) is 5.92 Å². The Bertz CT molecular complexity index is 992. The number of hydrogen-bond donors (Lipinski definition) is 0. The molecule has 162 valence electrons. The predicted octanol–water partition coefficient (Wildman–Crippen LogP) is 4.71. The Morgan fingerprint density at radius 3 is 2.52 bits per heavy atom. The third kappa shape index (κ3) is 5.73. The van der Waals surface area contributed by atoms with Crippen LogP contribution in [0.1, 0.15) is 35.7 Å². The molecule has 1 saturated heterocycles. The van der Waals surface area contributed by atoms with E-state index in [1.807, 2.05) is 30.4 Å². The highest BCUT2D eigenvalue weighted by Gasteiger charge is 2.21. The van der Waals surface area contributed by atoms with Gasteiger partial charge < -0.3 is 14.0 Å². The molecule has 6 nitrogen and oxygen atoms in total. The van der Waals surface area contributed by atoms with Crippen LogP contribution in [-0.2, 0) is 13.0 Å². The van der Waals surface area contributed by atoms with Crippen molar-refractivity contribution in [1.82, 2.24) is 15.0 Å². The number of aromatic nitrogens is 2. The molecule has 1 aliphatic rings. The molecule has 6 heteroatoms. The van der Waals surface area contributed by atoms with Gasteiger partial charge in [-0.15, -0.1) is 0 Å². The van der Waals surface area contributed by atoms with Gasteiger partial charge in [-0.3, -0.25) is 4.90 Å². The zero-order valence-electron chi connectivity index (χ0n) is 18.2. The molecule has 31 heavy (non-hydrogen) atoms. The van der Waals surface area contributed by atoms with Crippen LogP contribution in [0, 0.1) is 5.92 Å². The van der Waals surface area contributed by atoms with E-state index in [2.05, 4.69) is 45.4 Å². The molecule has 0 radical (unpaired) electrons. The van der Waals surface area contributed by atoms with E-state index in [1.165, 1.54) is 5.56 Å². The predicted molar refractivity (Wildman–Crippen MR) is 121 cm³/mol. The Morgan fingerprint density at radius 1 is 1.00 bits per heavy atom. The molecular formula is C25H29N3O3. The maximum Gasteiger partial charge on any atom is 0.250 e. The molecular weight excluding hydrogens is 390 g/mol. The number of benzene rings is 2. The second-order valence-electron chi connectivity index (χ2n) is 7.91. The SMILES string of the molecule is COc1ccc(/C=C/c2nc(CC3CCN(Cc4ccccc4)CC3)no2)cc1OC. The van der Waals surface area contributed by atoms with Gasteiger partial charge in [-0.25, -0.2) is 0 Å². The van der Waals surface area contributed by atoms with Gasteiger partial charge >= 0.3 is 0 Å². The first kappa shape index (κ1) is 21.1. The van der Waals surface area contributed by atoms with Crippen LogP contribution in [0.25, 0.3) is 12.2 Å². The minimum absolute atomic E-state index is 0.520. The molecule has 0 bridgehead atoms. The standard InChI is InChI=1S/C25H29N3O3/c1-29-22-10-8-19(16-23(22)30-2)9-11-25-26-24(27-31-25)17-20-12-14-28(15-13-20)18-21-6-4-3-5-7-21/h3-11,16,20H,12-15,17-18H2,1-2H3/b11-9+. The van der Waals surface area contributed by atoms with Gasteiger partial charge in [-0.1, -0.05) is 41.6 Å². The number of rotatable bonds is 8. The summed E-state index contributed by atoms with van der Waals surface area (Å²) in [5.74, 6) is 3.30. The number of methoxy groups -OCH3 is 2. The van der Waals surface area contributed by atoms with Gasteiger partial charge in [0.25, 0.3) is 5.89 Å². The van der Waals surface area contributed by atoms with Crippen molar-refractivity contribution >= 4 is 12.2 Å². The molecule has 3 aromatic rings. The highest BCUT2D eigenvalue weighted by molar-refractivity contribution is 5.67. The van der Waals surface area contributed by atoms with Gasteiger partial charge in [-0.2, -0.15) is 4.98 Å². The zero-order chi connectivity index (χ0) is 21.5. The Hall–Kier alpha value is -3.12. The van der Waals surface area contributed by atoms with Crippen molar-refractivity contribution in [1.29, 1.82) is 0 Å². The van der Waals surface area contributed by atoms with Crippen LogP contribution >= 0.6 is 0 Å². The maximum absolute atomic E-state index is 5.42. The monoisotopic (exact) mass is 419 g/mol. The molecule has 0 spiro atoms. The van der Waals surface area contributed by atoms with E-state index in [4.69, 9.17) is 14.0 Å². The maximum atomic E-state index is 5.42. The summed E-state index contributed by atoms with van der Waals surface area (Å²) in [6.07, 6.45) is 6.96. The molecule has 0 aliphatic carbocycles. The van der Waals surface area contributed by atoms with E-state index in [0.29, 0.717) is 23.3 Å². The van der Waals surface area contributed by atoms with Gasteiger partial charge in [0, 0.05) is 19.0 Å². The van der Waals surface area contributed by atoms with E-state index in [0.717, 1.165) is 50.3 Å². The van der Waals surface area contributed by atoms with Crippen molar-refractivity contribution in [2.75, 3.05) is 27.3 Å². The third-order valence-corrected chi connectivity index (χ3v) is 5.74. The van der Waals surface area contributed by atoms with E-state index < -0.39 is 0 Å². The highest BCUT2D eigenvalue weighted by atomic mass is 16.5. The lowest BCUT2D eigenvalue weighted by Gasteiger charge is -2.31. The van der Waals surface area contributed by atoms with Gasteiger partial charge in [-0.05, 0) is 61.2 Å². The molecule has 2 aromatic carbocycles. The Morgan fingerprint density at radius 2 is 1.77 bits per heavy atom. The molecule has 0 saturated carbocycles. The lowest BCUT2D eigenvalue weighted by molar-refractivity contribution is 0.175. The Labute approximate surface area is 183 Å². The van der Waals surface area contributed by atoms with Gasteiger partial charge in [0.15, 0.2) is 17.3 Å². The largest absolute Gasteiger partial charge is 0.493 e. The summed E-state index contributed by atoms with van der Waals surface area (Å²) >= 11 is 0. The fourth-order valence-corrected chi connectivity index (χ4v) is 3.99. The quantitative estimate of drug-likeness (QED) is 0.527. The smallest absolute Gasteiger partial charge is 0.250 e. The molecule has 0 unspecified atom stereocenters. The van der Waals surface area contributed by atoms with Crippen molar-refractivity contribution in [3.05, 3.63) is 71.4 Å². The molecule has 0 atom stereocenters. The van der Waals surface area contributed by atoms with Crippen LogP contribution in [0.3, 0.4) is 0 Å². The summed E-state index contributed by atoms with van der Waals surface area (Å²) in [6, 6.07) is 16.4. The van der Waals surface area contributed by atoms with Crippen LogP contribution in [0.2, 0.25) is 0 Å². The average Bonchev–Trinajstić information content (AvgIpc) is 3.26. The van der Waals surface area contributed by atoms with Crippen molar-refractivity contribution in [2.45, 2.75) is 25.8 Å². The second kappa shape index (κ2) is 10.3.